The Bertz CT molecular complexity index is 142. The molecule has 0 fully saturated rings. The van der Waals surface area contributed by atoms with Crippen LogP contribution in [0.1, 0.15) is 0 Å². The zero-order valence-corrected chi connectivity index (χ0v) is 4.55. The van der Waals surface area contributed by atoms with Gasteiger partial charge >= 0.3 is 0 Å². The van der Waals surface area contributed by atoms with Gasteiger partial charge in [0.15, 0.2) is 15.5 Å². The van der Waals surface area contributed by atoms with Crippen molar-refractivity contribution in [2.45, 2.75) is 0 Å². The standard InChI is InChI=1S/C4H5N2S/c5-6-7-3-1-2-4-7/h1-4,7H/q+1. The first-order valence-electron chi connectivity index (χ1n) is 1.92. The predicted molar refractivity (Wildman–Crippen MR) is 32.3 cm³/mol. The molecule has 1 aliphatic heterocycles. The summed E-state index contributed by atoms with van der Waals surface area (Å²) >= 11 is -0.623. The van der Waals surface area contributed by atoms with E-state index in [0.29, 0.717) is 0 Å². The number of diazo groups is 1. The van der Waals surface area contributed by atoms with Crippen LogP contribution in [0.4, 0.5) is 0 Å². The summed E-state index contributed by atoms with van der Waals surface area (Å²) in [4.78, 5) is 0. The highest BCUT2D eigenvalue weighted by atomic mass is 32.2. The quantitative estimate of drug-likeness (QED) is 0.376. The van der Waals surface area contributed by atoms with Crippen LogP contribution >= 0.6 is 11.1 Å². The molecule has 7 heavy (non-hydrogen) atoms. The van der Waals surface area contributed by atoms with Crippen molar-refractivity contribution in [1.29, 1.82) is 5.39 Å². The van der Waals surface area contributed by atoms with E-state index in [9.17, 15) is 0 Å². The second-order valence-electron chi connectivity index (χ2n) is 1.15. The molecule has 36 valence electrons. The molecule has 3 heteroatoms. The minimum atomic E-state index is -0.623. The molecule has 0 radical (unpaired) electrons. The van der Waals surface area contributed by atoms with Gasteiger partial charge in [-0.15, -0.1) is 0 Å². The summed E-state index contributed by atoms with van der Waals surface area (Å²) in [5, 5.41) is 11.9. The Kier molecular flexibility index (Phi) is 1.14. The number of nitrogens with zero attached hydrogens (tertiary/aromatic N) is 2. The van der Waals surface area contributed by atoms with Crippen molar-refractivity contribution in [2.24, 2.45) is 0 Å². The van der Waals surface area contributed by atoms with E-state index in [1.54, 1.807) is 0 Å². The summed E-state index contributed by atoms with van der Waals surface area (Å²) in [6, 6.07) is 0. The average Bonchev–Trinajstić information content (AvgIpc) is 2.14. The van der Waals surface area contributed by atoms with Gasteiger partial charge in [0.2, 0.25) is 5.39 Å². The summed E-state index contributed by atoms with van der Waals surface area (Å²) in [6.45, 7) is 0. The summed E-state index contributed by atoms with van der Waals surface area (Å²) in [5.41, 5.74) is 0. The lowest BCUT2D eigenvalue weighted by Gasteiger charge is -1.71. The molecule has 0 spiro atoms. The van der Waals surface area contributed by atoms with E-state index in [-0.39, 0.29) is 0 Å². The summed E-state index contributed by atoms with van der Waals surface area (Å²) in [7, 11) is 0. The highest BCUT2D eigenvalue weighted by Gasteiger charge is 2.05. The van der Waals surface area contributed by atoms with Gasteiger partial charge in [0, 0.05) is 10.8 Å². The van der Waals surface area contributed by atoms with E-state index >= 15 is 0 Å². The Balaban J connectivity index is 2.65. The van der Waals surface area contributed by atoms with Gasteiger partial charge < -0.3 is 0 Å². The maximum absolute atomic E-state index is 8.12. The van der Waals surface area contributed by atoms with Gasteiger partial charge in [0.1, 0.15) is 0 Å². The minimum absolute atomic E-state index is 0.623. The van der Waals surface area contributed by atoms with E-state index < -0.39 is 11.1 Å². The Morgan fingerprint density at radius 1 is 1.29 bits per heavy atom. The average molecular weight is 113 g/mol. The lowest BCUT2D eigenvalue weighted by Crippen LogP contribution is -1.44. The second-order valence-corrected chi connectivity index (χ2v) is 2.69. The highest BCUT2D eigenvalue weighted by molar-refractivity contribution is 8.23. The maximum atomic E-state index is 8.12. The second kappa shape index (κ2) is 1.80. The van der Waals surface area contributed by atoms with Crippen molar-refractivity contribution < 1.29 is 0 Å². The van der Waals surface area contributed by atoms with Crippen LogP contribution in [0.2, 0.25) is 0 Å². The summed E-state index contributed by atoms with van der Waals surface area (Å²) in [5.74, 6) is 0. The van der Waals surface area contributed by atoms with E-state index in [1.165, 1.54) is 0 Å². The van der Waals surface area contributed by atoms with Gasteiger partial charge in [-0.25, -0.2) is 0 Å². The Hall–Kier alpha value is -0.750. The number of rotatable bonds is 0. The van der Waals surface area contributed by atoms with Crippen LogP contribution in [-0.2, 0) is 0 Å². The fourth-order valence-corrected chi connectivity index (χ4v) is 1.16. The van der Waals surface area contributed by atoms with E-state index in [2.05, 4.69) is 4.38 Å². The normalized spacial score (nSPS) is 20.1. The number of thiol groups is 1. The van der Waals surface area contributed by atoms with E-state index in [4.69, 9.17) is 5.39 Å². The lowest BCUT2D eigenvalue weighted by atomic mass is 10.6. The molecule has 1 rings (SSSR count). The third kappa shape index (κ3) is 0.815. The molecule has 1 aliphatic rings. The molecule has 1 heterocycles. The molecule has 0 aromatic rings. The largest absolute Gasteiger partial charge is 0.230 e. The molecular weight excluding hydrogens is 108 g/mol. The van der Waals surface area contributed by atoms with Crippen LogP contribution in [0.3, 0.4) is 0 Å². The van der Waals surface area contributed by atoms with Crippen molar-refractivity contribution in [1.82, 2.24) is 0 Å². The lowest BCUT2D eigenvalue weighted by molar-refractivity contribution is 1.52. The molecular formula is C4H5N2S+. The molecule has 0 saturated heterocycles. The van der Waals surface area contributed by atoms with Crippen molar-refractivity contribution in [3.8, 4) is 0 Å². The molecule has 0 saturated carbocycles. The van der Waals surface area contributed by atoms with Crippen LogP contribution < -0.4 is 0 Å². The molecule has 0 unspecified atom stereocenters. The van der Waals surface area contributed by atoms with Crippen LogP contribution in [0, 0.1) is 5.39 Å². The van der Waals surface area contributed by atoms with Gasteiger partial charge in [-0.1, -0.05) is 0 Å². The van der Waals surface area contributed by atoms with E-state index in [0.717, 1.165) is 0 Å². The minimum Gasteiger partial charge on any atom is -0.0500 e. The zero-order chi connectivity index (χ0) is 5.11. The predicted octanol–water partition coefficient (Wildman–Crippen LogP) is 1.80. The Morgan fingerprint density at radius 2 is 1.86 bits per heavy atom. The van der Waals surface area contributed by atoms with Crippen molar-refractivity contribution in [3.05, 3.63) is 27.3 Å². The topological polar surface area (TPSA) is 28.1 Å². The Labute approximate surface area is 44.6 Å². The van der Waals surface area contributed by atoms with Crippen LogP contribution in [-0.4, -0.2) is 0 Å². The first kappa shape index (κ1) is 4.41. The molecule has 0 amide bonds. The first-order valence-corrected chi connectivity index (χ1v) is 3.35. The van der Waals surface area contributed by atoms with Gasteiger partial charge in [0.05, 0.1) is 0 Å². The maximum Gasteiger partial charge on any atom is 0.230 e. The Morgan fingerprint density at radius 3 is 2.14 bits per heavy atom. The number of allylic oxidation sites excluding steroid dienone is 2. The third-order valence-electron chi connectivity index (χ3n) is 0.692. The summed E-state index contributed by atoms with van der Waals surface area (Å²) < 4.78 is 3.08. The van der Waals surface area contributed by atoms with Gasteiger partial charge in [-0.05, 0) is 12.2 Å². The monoisotopic (exact) mass is 113 g/mol. The van der Waals surface area contributed by atoms with Crippen LogP contribution in [0.15, 0.2) is 23.0 Å². The molecule has 0 aromatic heterocycles. The number of hydrogen-bond acceptors (Lipinski definition) is 1. The molecule has 0 atom stereocenters. The van der Waals surface area contributed by atoms with Crippen molar-refractivity contribution in [3.63, 3.8) is 0 Å². The van der Waals surface area contributed by atoms with Gasteiger partial charge in [-0.3, -0.25) is 0 Å². The number of hydrogen-bond donors (Lipinski definition) is 1. The molecule has 0 aliphatic carbocycles. The fourth-order valence-electron chi connectivity index (χ4n) is 0.385. The van der Waals surface area contributed by atoms with Crippen molar-refractivity contribution in [2.75, 3.05) is 0 Å². The molecule has 0 aromatic carbocycles. The van der Waals surface area contributed by atoms with Crippen LogP contribution in [0.25, 0.3) is 4.38 Å². The zero-order valence-electron chi connectivity index (χ0n) is 3.65. The van der Waals surface area contributed by atoms with Gasteiger partial charge in [0.25, 0.3) is 0 Å². The van der Waals surface area contributed by atoms with E-state index in [1.807, 2.05) is 23.0 Å². The molecule has 0 bridgehead atoms. The third-order valence-corrected chi connectivity index (χ3v) is 1.85. The smallest absolute Gasteiger partial charge is 0.0500 e. The summed E-state index contributed by atoms with van der Waals surface area (Å²) in [6.07, 6.45) is 3.76. The SMILES string of the molecule is N#[N+][SH]1C=CC=C1. The highest BCUT2D eigenvalue weighted by Crippen LogP contribution is 2.33. The fraction of sp³-hybridized carbons (Fsp3) is 0. The molecule has 2 nitrogen and oxygen atoms in total. The molecule has 0 N–H and O–H groups in total. The van der Waals surface area contributed by atoms with Gasteiger partial charge in [-0.2, -0.15) is 0 Å². The first-order chi connectivity index (χ1) is 3.43. The van der Waals surface area contributed by atoms with Crippen molar-refractivity contribution >= 4 is 11.1 Å². The van der Waals surface area contributed by atoms with Crippen LogP contribution in [0.5, 0.6) is 0 Å².